The number of hydrogen-bond donors (Lipinski definition) is 1. The van der Waals surface area contributed by atoms with Crippen molar-refractivity contribution in [3.05, 3.63) is 229 Å². The van der Waals surface area contributed by atoms with E-state index in [1.54, 1.807) is 0 Å². The molecule has 0 aliphatic heterocycles. The summed E-state index contributed by atoms with van der Waals surface area (Å²) in [6.07, 6.45) is 0. The van der Waals surface area contributed by atoms with E-state index in [0.717, 1.165) is 10.9 Å². The summed E-state index contributed by atoms with van der Waals surface area (Å²) in [5.74, 6) is 0.400. The van der Waals surface area contributed by atoms with E-state index < -0.39 is 15.8 Å². The van der Waals surface area contributed by atoms with Crippen LogP contribution >= 0.6 is 15.8 Å². The van der Waals surface area contributed by atoms with E-state index in [1.807, 2.05) is 66.7 Å². The van der Waals surface area contributed by atoms with Gasteiger partial charge in [-0.15, -0.1) is 0 Å². The molecule has 1 N–H and O–H groups in total. The molecule has 0 aliphatic rings. The van der Waals surface area contributed by atoms with Gasteiger partial charge in [0.15, 0.2) is 5.76 Å². The quantitative estimate of drug-likeness (QED) is 0.0750. The summed E-state index contributed by atoms with van der Waals surface area (Å²) in [4.78, 5) is 0. The van der Waals surface area contributed by atoms with Crippen LogP contribution in [0.3, 0.4) is 0 Å². The molecule has 252 valence electrons. The molecule has 0 amide bonds. The summed E-state index contributed by atoms with van der Waals surface area (Å²) in [6.45, 7) is 4.12. The number of rotatable bonds is 7. The predicted octanol–water partition coefficient (Wildman–Crippen LogP) is 9.77. The van der Waals surface area contributed by atoms with Gasteiger partial charge < -0.3 is 5.11 Å². The summed E-state index contributed by atoms with van der Waals surface area (Å²) < 4.78 is 0. The minimum atomic E-state index is -1.20. The van der Waals surface area contributed by atoms with Crippen LogP contribution in [0.15, 0.2) is 212 Å². The maximum Gasteiger partial charge on any atom is 0.161 e. The molecule has 1 nitrogen and oxygen atoms in total. The van der Waals surface area contributed by atoms with Crippen LogP contribution in [0.1, 0.15) is 18.1 Å². The Kier molecular flexibility index (Phi) is 15.9. The zero-order valence-electron chi connectivity index (χ0n) is 28.4. The number of aryl methyl sites for hydroxylation is 1. The number of hydrogen-bond acceptors (Lipinski definition) is 1. The molecular weight excluding hydrogens is 689 g/mol. The van der Waals surface area contributed by atoms with Gasteiger partial charge in [-0.05, 0) is 74.5 Å². The fraction of sp³-hybridized carbons (Fsp3) is 0.0435. The topological polar surface area (TPSA) is 20.2 Å². The molecule has 4 heteroatoms. The number of aliphatic hydroxyl groups is 1. The van der Waals surface area contributed by atoms with E-state index >= 15 is 0 Å². The van der Waals surface area contributed by atoms with Crippen LogP contribution in [-0.2, 0) is 16.5 Å². The third-order valence-corrected chi connectivity index (χ3v) is 13.5. The molecule has 0 aliphatic carbocycles. The first-order valence-electron chi connectivity index (χ1n) is 16.5. The van der Waals surface area contributed by atoms with E-state index in [9.17, 15) is 5.11 Å². The van der Waals surface area contributed by atoms with E-state index in [0.29, 0.717) is 5.76 Å². The van der Waals surface area contributed by atoms with Crippen LogP contribution in [0.25, 0.3) is 5.76 Å². The SMILES string of the molecule is C/C(=C(/O)c1ccc(C)cc1)[PH+](c1ccccc1)c1ccccc1.[Ni].[c-]1ccccc1.c1ccc([PH+](c2ccccc2)c2ccccc2)cc1. The number of aliphatic hydroxyl groups excluding tert-OH is 1. The standard InChI is InChI=1S/C22H21OP.C18H15P.C6H5.Ni/c1-17-13-15-19(16-14-17)22(23)18(2)24(20-9-5-3-6-10-20)21-11-7-4-8-12-21;1-4-10-16(11-5-1)19(17-12-6-2-7-13-17)18-14-8-3-9-15-18;1-2-4-6-5-3-1;/h3-16,23H,1-2H3;1-15H;1-5H;/q;;-1;/p+2/b22-18-;;;. The van der Waals surface area contributed by atoms with Crippen molar-refractivity contribution in [3.8, 4) is 0 Å². The molecule has 0 bridgehead atoms. The molecule has 0 unspecified atom stereocenters. The summed E-state index contributed by atoms with van der Waals surface area (Å²) >= 11 is 0. The van der Waals surface area contributed by atoms with Crippen LogP contribution < -0.4 is 26.5 Å². The summed E-state index contributed by atoms with van der Waals surface area (Å²) in [7, 11) is -2.08. The van der Waals surface area contributed by atoms with Gasteiger partial charge in [-0.2, -0.15) is 36.4 Å². The molecule has 50 heavy (non-hydrogen) atoms. The normalized spacial score (nSPS) is 10.8. The third kappa shape index (κ3) is 11.2. The van der Waals surface area contributed by atoms with Crippen molar-refractivity contribution >= 4 is 48.1 Å². The fourth-order valence-electron chi connectivity index (χ4n) is 5.51. The zero-order valence-corrected chi connectivity index (χ0v) is 31.4. The maximum absolute atomic E-state index is 10.9. The zero-order chi connectivity index (χ0) is 34.1. The van der Waals surface area contributed by atoms with Crippen molar-refractivity contribution < 1.29 is 21.6 Å². The van der Waals surface area contributed by atoms with Crippen molar-refractivity contribution in [3.63, 3.8) is 0 Å². The Morgan fingerprint density at radius 2 is 0.760 bits per heavy atom. The maximum atomic E-state index is 10.9. The molecule has 7 aromatic carbocycles. The van der Waals surface area contributed by atoms with Gasteiger partial charge in [0, 0.05) is 22.1 Å². The summed E-state index contributed by atoms with van der Waals surface area (Å²) in [6, 6.07) is 74.0. The Labute approximate surface area is 310 Å². The van der Waals surface area contributed by atoms with Crippen molar-refractivity contribution in [1.29, 1.82) is 0 Å². The van der Waals surface area contributed by atoms with Crippen LogP contribution in [0.5, 0.6) is 0 Å². The minimum absolute atomic E-state index is 0. The molecule has 0 atom stereocenters. The van der Waals surface area contributed by atoms with Gasteiger partial charge in [0.05, 0.1) is 15.8 Å². The average molecular weight is 732 g/mol. The molecule has 0 aromatic heterocycles. The molecule has 0 fully saturated rings. The monoisotopic (exact) mass is 731 g/mol. The van der Waals surface area contributed by atoms with Crippen LogP contribution in [0.2, 0.25) is 0 Å². The Bertz CT molecular complexity index is 1790. The molecule has 0 saturated carbocycles. The number of allylic oxidation sites excluding steroid dienone is 1. The van der Waals surface area contributed by atoms with E-state index in [-0.39, 0.29) is 16.5 Å². The van der Waals surface area contributed by atoms with Crippen LogP contribution in [0, 0.1) is 13.0 Å². The Morgan fingerprint density at radius 3 is 1.06 bits per heavy atom. The Morgan fingerprint density at radius 1 is 0.440 bits per heavy atom. The van der Waals surface area contributed by atoms with Crippen molar-refractivity contribution in [2.75, 3.05) is 0 Å². The molecule has 7 aromatic rings. The summed E-state index contributed by atoms with van der Waals surface area (Å²) in [5, 5.41) is 18.8. The van der Waals surface area contributed by atoms with Crippen LogP contribution in [0.4, 0.5) is 0 Å². The molecular formula is C46H43NiOP2+. The van der Waals surface area contributed by atoms with Crippen LogP contribution in [-0.4, -0.2) is 5.11 Å². The smallest absolute Gasteiger partial charge is 0.161 e. The van der Waals surface area contributed by atoms with Gasteiger partial charge in [-0.1, -0.05) is 121 Å². The van der Waals surface area contributed by atoms with E-state index in [4.69, 9.17) is 0 Å². The van der Waals surface area contributed by atoms with Gasteiger partial charge in [0.2, 0.25) is 0 Å². The first kappa shape index (κ1) is 38.2. The van der Waals surface area contributed by atoms with Gasteiger partial charge >= 0.3 is 0 Å². The van der Waals surface area contributed by atoms with Gasteiger partial charge in [-0.3, -0.25) is 0 Å². The molecule has 0 heterocycles. The minimum Gasteiger partial charge on any atom is -0.504 e. The van der Waals surface area contributed by atoms with E-state index in [2.05, 4.69) is 159 Å². The largest absolute Gasteiger partial charge is 0.504 e. The third-order valence-electron chi connectivity index (χ3n) is 7.97. The average Bonchev–Trinajstić information content (AvgIpc) is 3.18. The second kappa shape index (κ2) is 20.8. The second-order valence-corrected chi connectivity index (χ2v) is 16.6. The van der Waals surface area contributed by atoms with Crippen molar-refractivity contribution in [2.45, 2.75) is 13.8 Å². The van der Waals surface area contributed by atoms with Gasteiger partial charge in [0.25, 0.3) is 0 Å². The first-order valence-corrected chi connectivity index (χ1v) is 19.5. The first-order chi connectivity index (χ1) is 24.1. The molecule has 0 saturated heterocycles. The fourth-order valence-corrected chi connectivity index (χ4v) is 10.7. The second-order valence-electron chi connectivity index (χ2n) is 11.5. The van der Waals surface area contributed by atoms with Crippen molar-refractivity contribution in [1.82, 2.24) is 0 Å². The van der Waals surface area contributed by atoms with Gasteiger partial charge in [0.1, 0.15) is 31.8 Å². The summed E-state index contributed by atoms with van der Waals surface area (Å²) in [5.41, 5.74) is 2.08. The predicted molar refractivity (Wildman–Crippen MR) is 219 cm³/mol. The molecule has 0 spiro atoms. The van der Waals surface area contributed by atoms with Gasteiger partial charge in [-0.25, -0.2) is 0 Å². The Hall–Kier alpha value is -4.57. The number of benzene rings is 7. The molecule has 0 radical (unpaired) electrons. The van der Waals surface area contributed by atoms with Crippen molar-refractivity contribution in [2.24, 2.45) is 0 Å². The van der Waals surface area contributed by atoms with E-state index in [1.165, 1.54) is 32.1 Å². The molecule has 7 rings (SSSR count). The Balaban J connectivity index is 0.000000192.